The summed E-state index contributed by atoms with van der Waals surface area (Å²) in [4.78, 5) is 0. The van der Waals surface area contributed by atoms with Crippen molar-refractivity contribution >= 4 is 11.6 Å². The van der Waals surface area contributed by atoms with E-state index in [4.69, 9.17) is 11.6 Å². The predicted molar refractivity (Wildman–Crippen MR) is 38.3 cm³/mol. The van der Waals surface area contributed by atoms with E-state index in [9.17, 15) is 8.78 Å². The second-order valence-electron chi connectivity index (χ2n) is 3.37. The van der Waals surface area contributed by atoms with Gasteiger partial charge >= 0.3 is 0 Å². The van der Waals surface area contributed by atoms with Gasteiger partial charge in [-0.2, -0.15) is 13.9 Å². The summed E-state index contributed by atoms with van der Waals surface area (Å²) >= 11 is 5.68. The monoisotopic (exact) mass is 190 g/mol. The zero-order chi connectivity index (χ0) is 8.51. The fourth-order valence-electron chi connectivity index (χ4n) is 2.01. The van der Waals surface area contributed by atoms with Crippen LogP contribution in [0.25, 0.3) is 0 Å². The van der Waals surface area contributed by atoms with Crippen LogP contribution in [0.3, 0.4) is 0 Å². The molecule has 0 bridgehead atoms. The van der Waals surface area contributed by atoms with Crippen molar-refractivity contribution < 1.29 is 8.78 Å². The number of nitrogens with one attached hydrogen (secondary N) is 1. The molecule has 0 aromatic carbocycles. The summed E-state index contributed by atoms with van der Waals surface area (Å²) in [5.41, 5.74) is 0.417. The van der Waals surface area contributed by atoms with Crippen LogP contribution in [0.5, 0.6) is 0 Å². The first kappa shape index (κ1) is 6.83. The lowest BCUT2D eigenvalue weighted by atomic mass is 10.2. The average molecular weight is 191 g/mol. The lowest BCUT2D eigenvalue weighted by molar-refractivity contribution is -0.0268. The Labute approximate surface area is 71.9 Å². The smallest absolute Gasteiger partial charge is 0.266 e. The van der Waals surface area contributed by atoms with Gasteiger partial charge in [-0.05, 0) is 12.3 Å². The van der Waals surface area contributed by atoms with Gasteiger partial charge in [0.25, 0.3) is 5.92 Å². The molecule has 1 saturated carbocycles. The Morgan fingerprint density at radius 3 is 3.00 bits per heavy atom. The van der Waals surface area contributed by atoms with E-state index in [2.05, 4.69) is 10.2 Å². The summed E-state index contributed by atoms with van der Waals surface area (Å²) in [6.45, 7) is 0. The summed E-state index contributed by atoms with van der Waals surface area (Å²) in [7, 11) is 0. The van der Waals surface area contributed by atoms with Gasteiger partial charge in [0.15, 0.2) is 0 Å². The van der Waals surface area contributed by atoms with E-state index < -0.39 is 11.8 Å². The van der Waals surface area contributed by atoms with Crippen LogP contribution in [0.2, 0.25) is 5.15 Å². The van der Waals surface area contributed by atoms with E-state index in [0.717, 1.165) is 0 Å². The Morgan fingerprint density at radius 1 is 1.58 bits per heavy atom. The number of H-pyrrole nitrogens is 1. The number of aromatic nitrogens is 2. The molecule has 2 aliphatic carbocycles. The molecule has 5 heteroatoms. The van der Waals surface area contributed by atoms with Gasteiger partial charge in [-0.1, -0.05) is 11.6 Å². The molecular weight excluding hydrogens is 186 g/mol. The van der Waals surface area contributed by atoms with Crippen LogP contribution in [0, 0.1) is 5.92 Å². The maximum absolute atomic E-state index is 13.2. The molecular formula is C7H5ClF2N2. The molecule has 2 nitrogen and oxygen atoms in total. The van der Waals surface area contributed by atoms with Crippen LogP contribution in [-0.4, -0.2) is 10.2 Å². The average Bonchev–Trinajstić information content (AvgIpc) is 2.64. The van der Waals surface area contributed by atoms with Crippen LogP contribution >= 0.6 is 11.6 Å². The molecule has 0 saturated heterocycles. The van der Waals surface area contributed by atoms with Gasteiger partial charge in [-0.25, -0.2) is 0 Å². The first-order chi connectivity index (χ1) is 5.62. The minimum absolute atomic E-state index is 0.0405. The molecule has 1 N–H and O–H groups in total. The number of aromatic amines is 1. The van der Waals surface area contributed by atoms with Gasteiger partial charge in [0, 0.05) is 11.5 Å². The van der Waals surface area contributed by atoms with Crippen LogP contribution < -0.4 is 0 Å². The molecule has 1 unspecified atom stereocenters. The molecule has 1 fully saturated rings. The Morgan fingerprint density at radius 2 is 2.33 bits per heavy atom. The number of nitrogens with zero attached hydrogens (tertiary/aromatic N) is 1. The summed E-state index contributed by atoms with van der Waals surface area (Å²) in [6.07, 6.45) is 0.555. The van der Waals surface area contributed by atoms with Crippen molar-refractivity contribution in [2.75, 3.05) is 0 Å². The van der Waals surface area contributed by atoms with Gasteiger partial charge < -0.3 is 0 Å². The third-order valence-electron chi connectivity index (χ3n) is 2.70. The van der Waals surface area contributed by atoms with Crippen molar-refractivity contribution in [1.29, 1.82) is 0 Å². The minimum atomic E-state index is -2.75. The van der Waals surface area contributed by atoms with E-state index in [0.29, 0.717) is 12.0 Å². The van der Waals surface area contributed by atoms with Crippen molar-refractivity contribution in [3.63, 3.8) is 0 Å². The van der Waals surface area contributed by atoms with Crippen molar-refractivity contribution in [1.82, 2.24) is 10.2 Å². The standard InChI is InChI=1S/C7H5ClF2N2/c8-6-4-2-1-3(2)7(9,10)5(4)11-12-6/h2-3H,1H2,(H,11,12)/t2-,3?/m0/s1. The molecule has 0 aliphatic heterocycles. The first-order valence-electron chi connectivity index (χ1n) is 3.74. The molecule has 0 radical (unpaired) electrons. The molecule has 12 heavy (non-hydrogen) atoms. The number of hydrogen-bond acceptors (Lipinski definition) is 1. The number of fused-ring (bicyclic) bond motifs is 3. The number of halogens is 3. The third kappa shape index (κ3) is 0.554. The molecule has 3 rings (SSSR count). The first-order valence-corrected chi connectivity index (χ1v) is 4.12. The minimum Gasteiger partial charge on any atom is -0.266 e. The van der Waals surface area contributed by atoms with Crippen molar-refractivity contribution in [3.8, 4) is 0 Å². The van der Waals surface area contributed by atoms with E-state index in [1.807, 2.05) is 0 Å². The molecule has 2 atom stereocenters. The fraction of sp³-hybridized carbons (Fsp3) is 0.571. The van der Waals surface area contributed by atoms with Gasteiger partial charge in [-0.3, -0.25) is 5.10 Å². The Kier molecular flexibility index (Phi) is 0.947. The highest BCUT2D eigenvalue weighted by atomic mass is 35.5. The maximum atomic E-state index is 13.2. The molecule has 1 aromatic heterocycles. The Bertz CT molecular complexity index is 360. The predicted octanol–water partition coefficient (Wildman–Crippen LogP) is 2.27. The summed E-state index contributed by atoms with van der Waals surface area (Å²) < 4.78 is 26.5. The highest BCUT2D eigenvalue weighted by Crippen LogP contribution is 2.67. The van der Waals surface area contributed by atoms with E-state index in [1.54, 1.807) is 0 Å². The zero-order valence-electron chi connectivity index (χ0n) is 5.94. The van der Waals surface area contributed by atoms with E-state index in [-0.39, 0.29) is 16.8 Å². The zero-order valence-corrected chi connectivity index (χ0v) is 6.70. The molecule has 2 aliphatic rings. The van der Waals surface area contributed by atoms with E-state index in [1.165, 1.54) is 0 Å². The molecule has 1 aromatic rings. The Balaban J connectivity index is 2.27. The molecule has 64 valence electrons. The highest BCUT2D eigenvalue weighted by Gasteiger charge is 2.66. The molecule has 1 heterocycles. The summed E-state index contributed by atoms with van der Waals surface area (Å²) in [5.74, 6) is -3.31. The highest BCUT2D eigenvalue weighted by molar-refractivity contribution is 6.30. The molecule has 0 amide bonds. The van der Waals surface area contributed by atoms with Gasteiger partial charge in [-0.15, -0.1) is 0 Å². The summed E-state index contributed by atoms with van der Waals surface area (Å²) in [5, 5.41) is 6.20. The number of hydrogen-bond donors (Lipinski definition) is 1. The van der Waals surface area contributed by atoms with Crippen molar-refractivity contribution in [2.45, 2.75) is 18.3 Å². The van der Waals surface area contributed by atoms with Crippen molar-refractivity contribution in [2.24, 2.45) is 5.92 Å². The SMILES string of the molecule is FC1(F)c2n[nH]c(Cl)c2[C@H]2CC21. The second-order valence-corrected chi connectivity index (χ2v) is 3.75. The lowest BCUT2D eigenvalue weighted by Gasteiger charge is -2.08. The fourth-order valence-corrected chi connectivity index (χ4v) is 2.28. The third-order valence-corrected chi connectivity index (χ3v) is 2.99. The van der Waals surface area contributed by atoms with Crippen LogP contribution in [-0.2, 0) is 5.92 Å². The van der Waals surface area contributed by atoms with Gasteiger partial charge in [0.1, 0.15) is 10.8 Å². The van der Waals surface area contributed by atoms with Crippen LogP contribution in [0.1, 0.15) is 23.6 Å². The van der Waals surface area contributed by atoms with Gasteiger partial charge in [0.2, 0.25) is 0 Å². The van der Waals surface area contributed by atoms with Crippen molar-refractivity contribution in [3.05, 3.63) is 16.4 Å². The van der Waals surface area contributed by atoms with E-state index >= 15 is 0 Å². The van der Waals surface area contributed by atoms with Gasteiger partial charge in [0.05, 0.1) is 0 Å². The quantitative estimate of drug-likeness (QED) is 0.668. The maximum Gasteiger partial charge on any atom is 0.295 e. The lowest BCUT2D eigenvalue weighted by Crippen LogP contribution is -2.13. The van der Waals surface area contributed by atoms with Crippen LogP contribution in [0.15, 0.2) is 0 Å². The Hall–Kier alpha value is -0.640. The normalized spacial score (nSPS) is 34.6. The number of alkyl halides is 2. The second kappa shape index (κ2) is 1.66. The summed E-state index contributed by atoms with van der Waals surface area (Å²) in [6, 6.07) is 0. The van der Waals surface area contributed by atoms with Crippen LogP contribution in [0.4, 0.5) is 8.78 Å². The number of rotatable bonds is 0. The topological polar surface area (TPSA) is 28.7 Å². The largest absolute Gasteiger partial charge is 0.295 e. The molecule has 0 spiro atoms.